The molecule has 1 amide bonds. The Labute approximate surface area is 119 Å². The number of carbonyl (C=O) groups is 2. The molecular formula is C15H22N2O3. The van der Waals surface area contributed by atoms with Gasteiger partial charge >= 0.3 is 5.97 Å². The molecule has 1 aromatic carbocycles. The molecule has 0 aliphatic heterocycles. The first-order valence-electron chi connectivity index (χ1n) is 6.90. The molecule has 1 rings (SSSR count). The topological polar surface area (TPSA) is 78.4 Å². The van der Waals surface area contributed by atoms with E-state index in [1.54, 1.807) is 0 Å². The number of carboxylic acids is 1. The number of unbranched alkanes of at least 4 members (excludes halogenated alkanes) is 1. The molecule has 0 aromatic heterocycles. The van der Waals surface area contributed by atoms with Gasteiger partial charge in [-0.1, -0.05) is 50.1 Å². The fourth-order valence-electron chi connectivity index (χ4n) is 1.80. The van der Waals surface area contributed by atoms with E-state index in [0.717, 1.165) is 18.4 Å². The minimum absolute atomic E-state index is 0.0213. The van der Waals surface area contributed by atoms with E-state index in [9.17, 15) is 9.59 Å². The molecule has 0 radical (unpaired) electrons. The van der Waals surface area contributed by atoms with Gasteiger partial charge in [-0.3, -0.25) is 14.9 Å². The smallest absolute Gasteiger partial charge is 0.320 e. The number of benzene rings is 1. The van der Waals surface area contributed by atoms with Crippen LogP contribution in [0.2, 0.25) is 0 Å². The Kier molecular flexibility index (Phi) is 7.35. The number of amides is 1. The second-order valence-corrected chi connectivity index (χ2v) is 4.68. The largest absolute Gasteiger partial charge is 0.480 e. The molecule has 0 fully saturated rings. The number of aliphatic carboxylic acids is 1. The fraction of sp³-hybridized carbons (Fsp3) is 0.467. The van der Waals surface area contributed by atoms with Gasteiger partial charge in [-0.2, -0.15) is 0 Å². The Hall–Kier alpha value is -1.88. The van der Waals surface area contributed by atoms with E-state index in [4.69, 9.17) is 5.11 Å². The van der Waals surface area contributed by atoms with Crippen LogP contribution in [0.3, 0.4) is 0 Å². The second-order valence-electron chi connectivity index (χ2n) is 4.68. The van der Waals surface area contributed by atoms with E-state index >= 15 is 0 Å². The van der Waals surface area contributed by atoms with Gasteiger partial charge in [0.05, 0.1) is 6.54 Å². The van der Waals surface area contributed by atoms with E-state index in [0.29, 0.717) is 13.0 Å². The molecule has 0 heterocycles. The lowest BCUT2D eigenvalue weighted by atomic mass is 10.1. The number of carboxylic acid groups (broad SMARTS) is 1. The van der Waals surface area contributed by atoms with Crippen molar-refractivity contribution in [3.8, 4) is 0 Å². The van der Waals surface area contributed by atoms with Crippen LogP contribution in [0.25, 0.3) is 0 Å². The molecule has 0 saturated carbocycles. The molecule has 3 N–H and O–H groups in total. The van der Waals surface area contributed by atoms with E-state index in [1.807, 2.05) is 37.3 Å². The fourth-order valence-corrected chi connectivity index (χ4v) is 1.80. The first kappa shape index (κ1) is 16.2. The zero-order valence-corrected chi connectivity index (χ0v) is 11.8. The maximum absolute atomic E-state index is 11.7. The highest BCUT2D eigenvalue weighted by atomic mass is 16.4. The van der Waals surface area contributed by atoms with Crippen molar-refractivity contribution < 1.29 is 14.7 Å². The van der Waals surface area contributed by atoms with Gasteiger partial charge in [0.25, 0.3) is 0 Å². The summed E-state index contributed by atoms with van der Waals surface area (Å²) in [7, 11) is 0. The molecule has 20 heavy (non-hydrogen) atoms. The Morgan fingerprint density at radius 1 is 1.25 bits per heavy atom. The normalized spacial score (nSPS) is 11.8. The minimum Gasteiger partial charge on any atom is -0.480 e. The summed E-state index contributed by atoms with van der Waals surface area (Å²) in [6, 6.07) is 8.93. The molecule has 0 aliphatic carbocycles. The van der Waals surface area contributed by atoms with Crippen molar-refractivity contribution in [2.45, 2.75) is 38.8 Å². The van der Waals surface area contributed by atoms with Crippen LogP contribution in [0.5, 0.6) is 0 Å². The van der Waals surface area contributed by atoms with E-state index in [2.05, 4.69) is 10.6 Å². The van der Waals surface area contributed by atoms with Gasteiger partial charge in [0.15, 0.2) is 0 Å². The molecule has 0 saturated heterocycles. The van der Waals surface area contributed by atoms with Crippen LogP contribution in [0.1, 0.15) is 31.7 Å². The minimum atomic E-state index is -0.908. The van der Waals surface area contributed by atoms with E-state index < -0.39 is 12.0 Å². The summed E-state index contributed by atoms with van der Waals surface area (Å²) in [5.41, 5.74) is 1.02. The van der Waals surface area contributed by atoms with Crippen molar-refractivity contribution in [3.63, 3.8) is 0 Å². The summed E-state index contributed by atoms with van der Waals surface area (Å²) < 4.78 is 0. The van der Waals surface area contributed by atoms with Gasteiger partial charge in [0.1, 0.15) is 6.04 Å². The number of nitrogens with one attached hydrogen (secondary N) is 2. The van der Waals surface area contributed by atoms with Gasteiger partial charge in [-0.15, -0.1) is 0 Å². The van der Waals surface area contributed by atoms with Crippen LogP contribution in [-0.2, 0) is 16.1 Å². The number of rotatable bonds is 9. The molecule has 110 valence electrons. The van der Waals surface area contributed by atoms with E-state index in [1.165, 1.54) is 0 Å². The monoisotopic (exact) mass is 278 g/mol. The number of hydrogen-bond acceptors (Lipinski definition) is 3. The van der Waals surface area contributed by atoms with Gasteiger partial charge in [0, 0.05) is 6.54 Å². The van der Waals surface area contributed by atoms with Crippen molar-refractivity contribution in [2.75, 3.05) is 6.54 Å². The van der Waals surface area contributed by atoms with Crippen LogP contribution in [0.15, 0.2) is 30.3 Å². The predicted molar refractivity (Wildman–Crippen MR) is 77.2 cm³/mol. The van der Waals surface area contributed by atoms with Crippen molar-refractivity contribution in [2.24, 2.45) is 0 Å². The Balaban J connectivity index is 2.29. The average Bonchev–Trinajstić information content (AvgIpc) is 2.46. The van der Waals surface area contributed by atoms with Gasteiger partial charge < -0.3 is 10.4 Å². The summed E-state index contributed by atoms with van der Waals surface area (Å²) in [4.78, 5) is 22.7. The maximum atomic E-state index is 11.7. The quantitative estimate of drug-likeness (QED) is 0.640. The lowest BCUT2D eigenvalue weighted by molar-refractivity contribution is -0.139. The third kappa shape index (κ3) is 6.33. The Morgan fingerprint density at radius 2 is 1.95 bits per heavy atom. The van der Waals surface area contributed by atoms with Crippen LogP contribution in [0, 0.1) is 0 Å². The molecule has 0 spiro atoms. The molecule has 1 atom stereocenters. The van der Waals surface area contributed by atoms with Crippen molar-refractivity contribution in [1.82, 2.24) is 10.6 Å². The average molecular weight is 278 g/mol. The zero-order valence-electron chi connectivity index (χ0n) is 11.8. The lowest BCUT2D eigenvalue weighted by Gasteiger charge is -2.13. The number of carbonyl (C=O) groups excluding carboxylic acids is 1. The molecular weight excluding hydrogens is 256 g/mol. The van der Waals surface area contributed by atoms with Crippen molar-refractivity contribution >= 4 is 11.9 Å². The molecule has 5 heteroatoms. The van der Waals surface area contributed by atoms with E-state index in [-0.39, 0.29) is 12.5 Å². The highest BCUT2D eigenvalue weighted by Gasteiger charge is 2.16. The number of hydrogen-bond donors (Lipinski definition) is 3. The predicted octanol–water partition coefficient (Wildman–Crippen LogP) is 1.54. The maximum Gasteiger partial charge on any atom is 0.320 e. The second kappa shape index (κ2) is 9.09. The van der Waals surface area contributed by atoms with Gasteiger partial charge in [-0.25, -0.2) is 0 Å². The van der Waals surface area contributed by atoms with Crippen LogP contribution in [-0.4, -0.2) is 29.6 Å². The highest BCUT2D eigenvalue weighted by Crippen LogP contribution is 2.00. The first-order chi connectivity index (χ1) is 9.63. The first-order valence-corrected chi connectivity index (χ1v) is 6.90. The van der Waals surface area contributed by atoms with Crippen LogP contribution >= 0.6 is 0 Å². The summed E-state index contributed by atoms with van der Waals surface area (Å²) in [5, 5.41) is 14.6. The third-order valence-corrected chi connectivity index (χ3v) is 2.99. The summed E-state index contributed by atoms with van der Waals surface area (Å²) >= 11 is 0. The lowest BCUT2D eigenvalue weighted by Crippen LogP contribution is -2.42. The molecule has 1 unspecified atom stereocenters. The SMILES string of the molecule is CCCCC(NCC(=O)NCc1ccccc1)C(=O)O. The Morgan fingerprint density at radius 3 is 2.55 bits per heavy atom. The standard InChI is InChI=1S/C15H22N2O3/c1-2-3-9-13(15(19)20)16-11-14(18)17-10-12-7-5-4-6-8-12/h4-8,13,16H,2-3,9-11H2,1H3,(H,17,18)(H,19,20). The zero-order chi connectivity index (χ0) is 14.8. The van der Waals surface area contributed by atoms with Gasteiger partial charge in [0.2, 0.25) is 5.91 Å². The van der Waals surface area contributed by atoms with Crippen molar-refractivity contribution in [1.29, 1.82) is 0 Å². The van der Waals surface area contributed by atoms with Crippen LogP contribution < -0.4 is 10.6 Å². The highest BCUT2D eigenvalue weighted by molar-refractivity contribution is 5.79. The molecule has 1 aromatic rings. The van der Waals surface area contributed by atoms with Gasteiger partial charge in [-0.05, 0) is 12.0 Å². The summed E-state index contributed by atoms with van der Waals surface area (Å²) in [6.07, 6.45) is 2.30. The van der Waals surface area contributed by atoms with Crippen molar-refractivity contribution in [3.05, 3.63) is 35.9 Å². The van der Waals surface area contributed by atoms with Crippen LogP contribution in [0.4, 0.5) is 0 Å². The molecule has 0 aliphatic rings. The molecule has 0 bridgehead atoms. The third-order valence-electron chi connectivity index (χ3n) is 2.99. The summed E-state index contributed by atoms with van der Waals surface area (Å²) in [6.45, 7) is 2.48. The Bertz CT molecular complexity index is 420. The molecule has 5 nitrogen and oxygen atoms in total. The summed E-state index contributed by atoms with van der Waals surface area (Å²) in [5.74, 6) is -1.11.